The minimum Gasteiger partial charge on any atom is -0.494 e. The van der Waals surface area contributed by atoms with Crippen molar-refractivity contribution in [1.29, 1.82) is 5.41 Å². The van der Waals surface area contributed by atoms with Gasteiger partial charge in [0.1, 0.15) is 0 Å². The molecule has 0 fully saturated rings. The normalized spacial score (nSPS) is 10.7. The number of halogens is 1. The van der Waals surface area contributed by atoms with Crippen LogP contribution in [0.1, 0.15) is 18.9 Å². The summed E-state index contributed by atoms with van der Waals surface area (Å²) in [6.07, 6.45) is 0.534. The van der Waals surface area contributed by atoms with Crippen molar-refractivity contribution in [1.82, 2.24) is 4.90 Å². The summed E-state index contributed by atoms with van der Waals surface area (Å²) >= 11 is 0. The van der Waals surface area contributed by atoms with E-state index in [1.165, 1.54) is 13.2 Å². The second-order valence-corrected chi connectivity index (χ2v) is 4.11. The van der Waals surface area contributed by atoms with Crippen LogP contribution in [-0.2, 0) is 6.54 Å². The summed E-state index contributed by atoms with van der Waals surface area (Å²) in [5.41, 5.74) is 6.22. The molecule has 0 aliphatic rings. The van der Waals surface area contributed by atoms with Crippen molar-refractivity contribution in [2.75, 3.05) is 20.2 Å². The number of rotatable bonds is 7. The maximum atomic E-state index is 13.5. The SMILES string of the molecule is CCN(CCC(=N)N)Cc1ccc(OC)c(F)c1. The van der Waals surface area contributed by atoms with Gasteiger partial charge in [0.25, 0.3) is 0 Å². The Bertz CT molecular complexity index is 409. The van der Waals surface area contributed by atoms with Gasteiger partial charge in [-0.1, -0.05) is 13.0 Å². The molecular formula is C13H20FN3O. The van der Waals surface area contributed by atoms with Gasteiger partial charge in [-0.25, -0.2) is 4.39 Å². The Morgan fingerprint density at radius 1 is 1.50 bits per heavy atom. The average molecular weight is 253 g/mol. The standard InChI is InChI=1S/C13H20FN3O/c1-3-17(7-6-13(15)16)9-10-4-5-12(18-2)11(14)8-10/h4-5,8H,3,6-7,9H2,1-2H3,(H3,15,16). The van der Waals surface area contributed by atoms with E-state index in [4.69, 9.17) is 15.9 Å². The third-order valence-electron chi connectivity index (χ3n) is 2.77. The first-order chi connectivity index (χ1) is 8.56. The highest BCUT2D eigenvalue weighted by molar-refractivity contribution is 5.76. The number of methoxy groups -OCH3 is 1. The predicted molar refractivity (Wildman–Crippen MR) is 70.4 cm³/mol. The van der Waals surface area contributed by atoms with Gasteiger partial charge in [-0.15, -0.1) is 0 Å². The monoisotopic (exact) mass is 253 g/mol. The fourth-order valence-electron chi connectivity index (χ4n) is 1.69. The quantitative estimate of drug-likeness (QED) is 0.577. The number of nitrogens with zero attached hydrogens (tertiary/aromatic N) is 1. The molecule has 1 aromatic carbocycles. The van der Waals surface area contributed by atoms with E-state index >= 15 is 0 Å². The molecule has 100 valence electrons. The summed E-state index contributed by atoms with van der Waals surface area (Å²) in [6.45, 7) is 4.21. The predicted octanol–water partition coefficient (Wildman–Crippen LogP) is 1.98. The zero-order valence-corrected chi connectivity index (χ0v) is 10.9. The number of hydrogen-bond acceptors (Lipinski definition) is 3. The van der Waals surface area contributed by atoms with Gasteiger partial charge in [0.2, 0.25) is 0 Å². The molecule has 0 radical (unpaired) electrons. The van der Waals surface area contributed by atoms with Crippen LogP contribution in [0.25, 0.3) is 0 Å². The van der Waals surface area contributed by atoms with E-state index in [0.29, 0.717) is 19.5 Å². The van der Waals surface area contributed by atoms with E-state index in [9.17, 15) is 4.39 Å². The first-order valence-electron chi connectivity index (χ1n) is 5.94. The van der Waals surface area contributed by atoms with Crippen molar-refractivity contribution < 1.29 is 9.13 Å². The lowest BCUT2D eigenvalue weighted by atomic mass is 10.2. The molecule has 0 aromatic heterocycles. The molecule has 0 unspecified atom stereocenters. The van der Waals surface area contributed by atoms with Crippen LogP contribution in [0.3, 0.4) is 0 Å². The summed E-state index contributed by atoms with van der Waals surface area (Å²) in [5, 5.41) is 7.20. The van der Waals surface area contributed by atoms with Gasteiger partial charge in [-0.2, -0.15) is 0 Å². The lowest BCUT2D eigenvalue weighted by molar-refractivity contribution is 0.287. The van der Waals surface area contributed by atoms with Crippen LogP contribution < -0.4 is 10.5 Å². The van der Waals surface area contributed by atoms with Crippen molar-refractivity contribution in [2.24, 2.45) is 5.73 Å². The third kappa shape index (κ3) is 4.33. The highest BCUT2D eigenvalue weighted by atomic mass is 19.1. The van der Waals surface area contributed by atoms with E-state index in [1.54, 1.807) is 6.07 Å². The first-order valence-corrected chi connectivity index (χ1v) is 5.94. The molecule has 4 nitrogen and oxygen atoms in total. The molecule has 0 saturated carbocycles. The topological polar surface area (TPSA) is 62.3 Å². The molecule has 0 amide bonds. The number of hydrogen-bond donors (Lipinski definition) is 2. The molecule has 0 aliphatic heterocycles. The zero-order chi connectivity index (χ0) is 13.5. The second-order valence-electron chi connectivity index (χ2n) is 4.11. The van der Waals surface area contributed by atoms with Crippen molar-refractivity contribution >= 4 is 5.84 Å². The minimum atomic E-state index is -0.349. The number of nitrogens with one attached hydrogen (secondary N) is 1. The average Bonchev–Trinajstić information content (AvgIpc) is 2.34. The molecule has 0 spiro atoms. The Kier molecular flexibility index (Phi) is 5.58. The summed E-state index contributed by atoms with van der Waals surface area (Å²) in [4.78, 5) is 2.11. The Morgan fingerprint density at radius 2 is 2.22 bits per heavy atom. The van der Waals surface area contributed by atoms with Crippen LogP contribution >= 0.6 is 0 Å². The number of benzene rings is 1. The summed E-state index contributed by atoms with van der Waals surface area (Å²) < 4.78 is 18.4. The fourth-order valence-corrected chi connectivity index (χ4v) is 1.69. The first kappa shape index (κ1) is 14.4. The smallest absolute Gasteiger partial charge is 0.165 e. The molecular weight excluding hydrogens is 233 g/mol. The van der Waals surface area contributed by atoms with E-state index in [-0.39, 0.29) is 17.4 Å². The molecule has 5 heteroatoms. The maximum absolute atomic E-state index is 13.5. The molecule has 1 rings (SSSR count). The summed E-state index contributed by atoms with van der Waals surface area (Å²) in [7, 11) is 1.45. The second kappa shape index (κ2) is 6.96. The number of amidine groups is 1. The zero-order valence-electron chi connectivity index (χ0n) is 10.9. The third-order valence-corrected chi connectivity index (χ3v) is 2.77. The van der Waals surface area contributed by atoms with Crippen LogP contribution in [-0.4, -0.2) is 30.9 Å². The van der Waals surface area contributed by atoms with Crippen LogP contribution in [0.15, 0.2) is 18.2 Å². The van der Waals surface area contributed by atoms with Crippen molar-refractivity contribution in [3.63, 3.8) is 0 Å². The van der Waals surface area contributed by atoms with Gasteiger partial charge in [0.15, 0.2) is 11.6 Å². The highest BCUT2D eigenvalue weighted by Crippen LogP contribution is 2.18. The largest absolute Gasteiger partial charge is 0.494 e. The van der Waals surface area contributed by atoms with Crippen LogP contribution in [0.2, 0.25) is 0 Å². The molecule has 18 heavy (non-hydrogen) atoms. The Balaban J connectivity index is 2.64. The number of nitrogens with two attached hydrogens (primary N) is 1. The van der Waals surface area contributed by atoms with Gasteiger partial charge < -0.3 is 10.5 Å². The molecule has 0 atom stereocenters. The molecule has 0 aliphatic carbocycles. The minimum absolute atomic E-state index is 0.175. The van der Waals surface area contributed by atoms with E-state index < -0.39 is 0 Å². The molecule has 0 saturated heterocycles. The number of ether oxygens (including phenoxy) is 1. The lowest BCUT2D eigenvalue weighted by Gasteiger charge is -2.20. The van der Waals surface area contributed by atoms with E-state index in [2.05, 4.69) is 4.90 Å². The van der Waals surface area contributed by atoms with Gasteiger partial charge >= 0.3 is 0 Å². The molecule has 0 heterocycles. The van der Waals surface area contributed by atoms with Crippen LogP contribution in [0, 0.1) is 11.2 Å². The summed E-state index contributed by atoms with van der Waals surface area (Å²) in [5.74, 6) is 0.0810. The molecule has 0 bridgehead atoms. The summed E-state index contributed by atoms with van der Waals surface area (Å²) in [6, 6.07) is 4.96. The Morgan fingerprint density at radius 3 is 2.72 bits per heavy atom. The maximum Gasteiger partial charge on any atom is 0.165 e. The van der Waals surface area contributed by atoms with Gasteiger partial charge in [0, 0.05) is 19.5 Å². The molecule has 1 aromatic rings. The lowest BCUT2D eigenvalue weighted by Crippen LogP contribution is -2.27. The van der Waals surface area contributed by atoms with Crippen LogP contribution in [0.4, 0.5) is 4.39 Å². The molecule has 3 N–H and O–H groups in total. The van der Waals surface area contributed by atoms with E-state index in [0.717, 1.165) is 12.1 Å². The fraction of sp³-hybridized carbons (Fsp3) is 0.462. The van der Waals surface area contributed by atoms with Gasteiger partial charge in [-0.05, 0) is 24.2 Å². The van der Waals surface area contributed by atoms with Gasteiger partial charge in [-0.3, -0.25) is 10.3 Å². The van der Waals surface area contributed by atoms with Gasteiger partial charge in [0.05, 0.1) is 12.9 Å². The van der Waals surface area contributed by atoms with Crippen molar-refractivity contribution in [2.45, 2.75) is 19.9 Å². The Hall–Kier alpha value is -1.62. The Labute approximate surface area is 107 Å². The van der Waals surface area contributed by atoms with Crippen molar-refractivity contribution in [3.8, 4) is 5.75 Å². The van der Waals surface area contributed by atoms with Crippen molar-refractivity contribution in [3.05, 3.63) is 29.6 Å². The highest BCUT2D eigenvalue weighted by Gasteiger charge is 2.07. The van der Waals surface area contributed by atoms with Crippen LogP contribution in [0.5, 0.6) is 5.75 Å². The van der Waals surface area contributed by atoms with E-state index in [1.807, 2.05) is 13.0 Å².